The summed E-state index contributed by atoms with van der Waals surface area (Å²) in [4.78, 5) is 40.0. The Morgan fingerprint density at radius 3 is 2.72 bits per heavy atom. The second-order valence-electron chi connectivity index (χ2n) is 7.07. The fourth-order valence-electron chi connectivity index (χ4n) is 4.53. The Balaban J connectivity index is 1.83. The molecule has 6 nitrogen and oxygen atoms in total. The molecule has 1 aromatic carbocycles. The number of carbonyl (C=O) groups is 3. The minimum atomic E-state index is -1.38. The molecule has 4 atom stereocenters. The fourth-order valence-corrected chi connectivity index (χ4v) is 4.53. The lowest BCUT2D eigenvalue weighted by Crippen LogP contribution is -2.53. The van der Waals surface area contributed by atoms with E-state index in [-0.39, 0.29) is 17.9 Å². The quantitative estimate of drug-likeness (QED) is 0.811. The summed E-state index contributed by atoms with van der Waals surface area (Å²) in [7, 11) is 0. The van der Waals surface area contributed by atoms with E-state index in [4.69, 9.17) is 0 Å². The molecule has 2 N–H and O–H groups in total. The Kier molecular flexibility index (Phi) is 3.47. The van der Waals surface area contributed by atoms with Gasteiger partial charge in [-0.15, -0.1) is 0 Å². The predicted octanol–water partition coefficient (Wildman–Crippen LogP) is 1.37. The summed E-state index contributed by atoms with van der Waals surface area (Å²) < 4.78 is 13.9. The van der Waals surface area contributed by atoms with E-state index in [1.165, 1.54) is 23.1 Å². The van der Waals surface area contributed by atoms with E-state index < -0.39 is 29.1 Å². The van der Waals surface area contributed by atoms with Gasteiger partial charge in [0.2, 0.25) is 17.7 Å². The lowest BCUT2D eigenvalue weighted by Gasteiger charge is -2.29. The summed E-state index contributed by atoms with van der Waals surface area (Å²) >= 11 is 0. The number of likely N-dealkylation sites (tertiary alicyclic amines) is 1. The van der Waals surface area contributed by atoms with Gasteiger partial charge in [-0.05, 0) is 31.5 Å². The van der Waals surface area contributed by atoms with Gasteiger partial charge >= 0.3 is 0 Å². The summed E-state index contributed by atoms with van der Waals surface area (Å²) in [5.41, 5.74) is -0.482. The highest BCUT2D eigenvalue weighted by Gasteiger charge is 2.69. The van der Waals surface area contributed by atoms with Crippen LogP contribution in [0.2, 0.25) is 0 Å². The van der Waals surface area contributed by atoms with Gasteiger partial charge in [-0.2, -0.15) is 0 Å². The van der Waals surface area contributed by atoms with Gasteiger partial charge in [0, 0.05) is 23.8 Å². The lowest BCUT2D eigenvalue weighted by molar-refractivity contribution is -0.142. The molecule has 1 aromatic rings. The highest BCUT2D eigenvalue weighted by molar-refractivity contribution is 6.15. The van der Waals surface area contributed by atoms with Crippen LogP contribution in [-0.2, 0) is 19.9 Å². The molecule has 25 heavy (non-hydrogen) atoms. The summed E-state index contributed by atoms with van der Waals surface area (Å²) in [6.45, 7) is 4.15. The molecule has 132 valence electrons. The zero-order chi connectivity index (χ0) is 17.9. The molecule has 0 radical (unpaired) electrons. The predicted molar refractivity (Wildman–Crippen MR) is 87.9 cm³/mol. The Morgan fingerprint density at radius 1 is 1.24 bits per heavy atom. The number of nitrogens with one attached hydrogen (secondary N) is 2. The van der Waals surface area contributed by atoms with Crippen LogP contribution in [0.5, 0.6) is 0 Å². The second kappa shape index (κ2) is 5.36. The highest BCUT2D eigenvalue weighted by Crippen LogP contribution is 2.52. The van der Waals surface area contributed by atoms with E-state index in [9.17, 15) is 18.8 Å². The van der Waals surface area contributed by atoms with Crippen molar-refractivity contribution >= 4 is 23.4 Å². The first-order valence-electron chi connectivity index (χ1n) is 8.66. The lowest BCUT2D eigenvalue weighted by atomic mass is 9.76. The number of fused-ring (bicyclic) bond motifs is 4. The largest absolute Gasteiger partial charge is 0.324 e. The van der Waals surface area contributed by atoms with Crippen molar-refractivity contribution in [2.24, 2.45) is 11.8 Å². The van der Waals surface area contributed by atoms with Crippen LogP contribution in [0.3, 0.4) is 0 Å². The zero-order valence-electron chi connectivity index (χ0n) is 14.1. The van der Waals surface area contributed by atoms with Crippen molar-refractivity contribution in [3.05, 3.63) is 29.6 Å². The standard InChI is InChI=1S/C18H20FN3O3/c1-3-4-7-22-15(23)13-9(2)21-18(14(13)16(22)24)11-8-10(19)5-6-12(11)20-17(18)25/h5-6,8-9,13-14,21H,3-4,7H2,1-2H3,(H,20,25)/t9?,13-,14+,18?/m1/s1. The van der Waals surface area contributed by atoms with Crippen molar-refractivity contribution < 1.29 is 18.8 Å². The van der Waals surface area contributed by atoms with E-state index in [1.807, 2.05) is 6.92 Å². The molecule has 4 rings (SSSR count). The number of hydrogen-bond donors (Lipinski definition) is 2. The molecule has 3 aliphatic rings. The normalized spacial score (nSPS) is 33.2. The van der Waals surface area contributed by atoms with Crippen molar-refractivity contribution in [2.45, 2.75) is 38.3 Å². The van der Waals surface area contributed by atoms with Crippen molar-refractivity contribution in [3.63, 3.8) is 0 Å². The molecule has 2 fully saturated rings. The monoisotopic (exact) mass is 345 g/mol. The van der Waals surface area contributed by atoms with Crippen molar-refractivity contribution in [3.8, 4) is 0 Å². The van der Waals surface area contributed by atoms with E-state index in [0.717, 1.165) is 12.8 Å². The Morgan fingerprint density at radius 2 is 2.00 bits per heavy atom. The van der Waals surface area contributed by atoms with Gasteiger partial charge in [0.25, 0.3) is 0 Å². The second-order valence-corrected chi connectivity index (χ2v) is 7.07. The van der Waals surface area contributed by atoms with Crippen LogP contribution < -0.4 is 10.6 Å². The summed E-state index contributed by atoms with van der Waals surface area (Å²) in [5.74, 6) is -2.90. The Hall–Kier alpha value is -2.28. The molecule has 1 spiro atoms. The van der Waals surface area contributed by atoms with Crippen LogP contribution in [-0.4, -0.2) is 35.2 Å². The number of benzene rings is 1. The van der Waals surface area contributed by atoms with Gasteiger partial charge < -0.3 is 5.32 Å². The maximum absolute atomic E-state index is 13.9. The summed E-state index contributed by atoms with van der Waals surface area (Å²) in [6.07, 6.45) is 1.59. The molecule has 0 aliphatic carbocycles. The molecular formula is C18H20FN3O3. The molecule has 3 heterocycles. The van der Waals surface area contributed by atoms with Gasteiger partial charge in [-0.3, -0.25) is 24.6 Å². The number of hydrogen-bond acceptors (Lipinski definition) is 4. The molecule has 2 unspecified atom stereocenters. The first-order valence-corrected chi connectivity index (χ1v) is 8.66. The minimum Gasteiger partial charge on any atom is -0.324 e. The molecule has 0 saturated carbocycles. The average molecular weight is 345 g/mol. The first kappa shape index (κ1) is 16.2. The van der Waals surface area contributed by atoms with Gasteiger partial charge in [0.15, 0.2) is 0 Å². The molecule has 0 aromatic heterocycles. The number of nitrogens with zero attached hydrogens (tertiary/aromatic N) is 1. The smallest absolute Gasteiger partial charge is 0.250 e. The minimum absolute atomic E-state index is 0.238. The number of unbranched alkanes of at least 4 members (excludes halogenated alkanes) is 1. The van der Waals surface area contributed by atoms with Gasteiger partial charge in [0.1, 0.15) is 11.4 Å². The zero-order valence-corrected chi connectivity index (χ0v) is 14.1. The maximum atomic E-state index is 13.9. The van der Waals surface area contributed by atoms with E-state index in [0.29, 0.717) is 17.8 Å². The molecule has 2 saturated heterocycles. The van der Waals surface area contributed by atoms with Crippen LogP contribution in [0, 0.1) is 17.7 Å². The molecule has 3 amide bonds. The number of halogens is 1. The first-order chi connectivity index (χ1) is 11.9. The number of carbonyl (C=O) groups excluding carboxylic acids is 3. The molecule has 3 aliphatic heterocycles. The number of amides is 3. The number of anilines is 1. The third-order valence-electron chi connectivity index (χ3n) is 5.65. The highest BCUT2D eigenvalue weighted by atomic mass is 19.1. The van der Waals surface area contributed by atoms with Crippen LogP contribution in [0.1, 0.15) is 32.3 Å². The summed E-state index contributed by atoms with van der Waals surface area (Å²) in [6, 6.07) is 3.69. The SMILES string of the molecule is CCCCN1C(=O)[C@@H]2C(C)NC3(C(=O)Nc4ccc(F)cc43)[C@@H]2C1=O. The van der Waals surface area contributed by atoms with E-state index in [1.54, 1.807) is 6.92 Å². The van der Waals surface area contributed by atoms with Crippen LogP contribution in [0.4, 0.5) is 10.1 Å². The maximum Gasteiger partial charge on any atom is 0.250 e. The van der Waals surface area contributed by atoms with Gasteiger partial charge in [0.05, 0.1) is 11.8 Å². The van der Waals surface area contributed by atoms with Crippen LogP contribution >= 0.6 is 0 Å². The summed E-state index contributed by atoms with van der Waals surface area (Å²) in [5, 5.41) is 5.89. The number of imide groups is 1. The van der Waals surface area contributed by atoms with Gasteiger partial charge in [-0.1, -0.05) is 13.3 Å². The third kappa shape index (κ3) is 1.96. The molecule has 0 bridgehead atoms. The van der Waals surface area contributed by atoms with Crippen molar-refractivity contribution in [2.75, 3.05) is 11.9 Å². The fraction of sp³-hybridized carbons (Fsp3) is 0.500. The topological polar surface area (TPSA) is 78.5 Å². The van der Waals surface area contributed by atoms with Gasteiger partial charge in [-0.25, -0.2) is 4.39 Å². The van der Waals surface area contributed by atoms with Crippen molar-refractivity contribution in [1.29, 1.82) is 0 Å². The molecular weight excluding hydrogens is 325 g/mol. The van der Waals surface area contributed by atoms with Crippen molar-refractivity contribution in [1.82, 2.24) is 10.2 Å². The number of rotatable bonds is 3. The van der Waals surface area contributed by atoms with E-state index >= 15 is 0 Å². The third-order valence-corrected chi connectivity index (χ3v) is 5.65. The average Bonchev–Trinajstić information content (AvgIpc) is 3.12. The molecule has 7 heteroatoms. The van der Waals surface area contributed by atoms with Crippen LogP contribution in [0.15, 0.2) is 18.2 Å². The van der Waals surface area contributed by atoms with Crippen LogP contribution in [0.25, 0.3) is 0 Å². The van der Waals surface area contributed by atoms with E-state index in [2.05, 4.69) is 10.6 Å². The Labute approximate surface area is 144 Å². The Bertz CT molecular complexity index is 796.